The zero-order valence-electron chi connectivity index (χ0n) is 20.6. The minimum absolute atomic E-state index is 0.000781. The lowest BCUT2D eigenvalue weighted by Gasteiger charge is -2.41. The largest absolute Gasteiger partial charge is 0.481 e. The van der Waals surface area contributed by atoms with Crippen LogP contribution in [0.3, 0.4) is 0 Å². The number of rotatable bonds is 8. The second kappa shape index (κ2) is 14.0. The molecule has 4 unspecified atom stereocenters. The number of carbonyl (C=O) groups is 6. The summed E-state index contributed by atoms with van der Waals surface area (Å²) >= 11 is 0. The minimum atomic E-state index is -2.02. The smallest absolute Gasteiger partial charge is 0.325 e. The third-order valence-corrected chi connectivity index (χ3v) is 6.76. The van der Waals surface area contributed by atoms with Gasteiger partial charge >= 0.3 is 35.8 Å². The van der Waals surface area contributed by atoms with Crippen LogP contribution in [-0.2, 0) is 19.2 Å². The van der Waals surface area contributed by atoms with Crippen molar-refractivity contribution < 1.29 is 59.4 Å². The van der Waals surface area contributed by atoms with Crippen LogP contribution < -0.4 is 10.6 Å². The summed E-state index contributed by atoms with van der Waals surface area (Å²) in [7, 11) is 0. The number of aliphatic carboxylic acids is 2. The van der Waals surface area contributed by atoms with Gasteiger partial charge in [0.1, 0.15) is 6.54 Å². The van der Waals surface area contributed by atoms with Gasteiger partial charge < -0.3 is 41.3 Å². The van der Waals surface area contributed by atoms with Gasteiger partial charge in [-0.1, -0.05) is 25.7 Å². The van der Waals surface area contributed by atoms with Crippen molar-refractivity contribution in [1.29, 1.82) is 0 Å². The van der Waals surface area contributed by atoms with Crippen LogP contribution in [0.15, 0.2) is 0 Å². The van der Waals surface area contributed by atoms with Crippen LogP contribution >= 0.6 is 0 Å². The number of hydrogen-bond acceptors (Lipinski definition) is 10. The normalized spacial score (nSPS) is 23.4. The molecule has 0 aromatic heterocycles. The molecule has 8 N–H and O–H groups in total. The fourth-order valence-electron chi connectivity index (χ4n) is 5.01. The topological polar surface area (TPSA) is 254 Å². The molecule has 0 bridgehead atoms. The monoisotopic (exact) mass is 546 g/mol. The first-order valence-corrected chi connectivity index (χ1v) is 12.3. The van der Waals surface area contributed by atoms with Crippen LogP contribution in [-0.4, -0.2) is 114 Å². The molecule has 6 amide bonds. The molecule has 214 valence electrons. The lowest BCUT2D eigenvalue weighted by molar-refractivity contribution is -0.158. The summed E-state index contributed by atoms with van der Waals surface area (Å²) in [5, 5.41) is 60.6. The third-order valence-electron chi connectivity index (χ3n) is 6.76. The Bertz CT molecular complexity index is 911. The van der Waals surface area contributed by atoms with E-state index in [-0.39, 0.29) is 25.7 Å². The van der Waals surface area contributed by atoms with E-state index in [1.165, 1.54) is 0 Å². The van der Waals surface area contributed by atoms with Crippen molar-refractivity contribution in [2.24, 2.45) is 11.8 Å². The summed E-state index contributed by atoms with van der Waals surface area (Å²) < 4.78 is 0. The van der Waals surface area contributed by atoms with Crippen LogP contribution in [0.5, 0.6) is 0 Å². The molecule has 0 heterocycles. The number of carbonyl (C=O) groups excluding carboxylic acids is 4. The van der Waals surface area contributed by atoms with Crippen molar-refractivity contribution in [3.63, 3.8) is 0 Å². The Balaban J connectivity index is 2.50. The highest BCUT2D eigenvalue weighted by Crippen LogP contribution is 2.32. The van der Waals surface area contributed by atoms with Crippen LogP contribution in [0.4, 0.5) is 9.59 Å². The van der Waals surface area contributed by atoms with Gasteiger partial charge in [-0.05, 0) is 25.7 Å². The van der Waals surface area contributed by atoms with E-state index in [9.17, 15) is 44.1 Å². The fraction of sp³-hybridized carbons (Fsp3) is 0.727. The fourth-order valence-corrected chi connectivity index (χ4v) is 5.01. The molecule has 2 rings (SSSR count). The van der Waals surface area contributed by atoms with Crippen molar-refractivity contribution in [3.05, 3.63) is 0 Å². The summed E-state index contributed by atoms with van der Waals surface area (Å²) in [6, 6.07) is -5.20. The highest BCUT2D eigenvalue weighted by Gasteiger charge is 2.47. The summed E-state index contributed by atoms with van der Waals surface area (Å²) in [5.74, 6) is -8.37. The lowest BCUT2D eigenvalue weighted by Crippen LogP contribution is -2.63. The van der Waals surface area contributed by atoms with Crippen molar-refractivity contribution in [1.82, 2.24) is 20.4 Å². The first-order chi connectivity index (χ1) is 17.9. The van der Waals surface area contributed by atoms with Gasteiger partial charge in [0, 0.05) is 12.0 Å². The number of amides is 6. The van der Waals surface area contributed by atoms with Gasteiger partial charge in [0.2, 0.25) is 0 Å². The molecule has 0 radical (unpaired) electrons. The molecule has 0 aliphatic heterocycles. The molecule has 16 nitrogen and oxygen atoms in total. The van der Waals surface area contributed by atoms with Gasteiger partial charge in [0.25, 0.3) is 0 Å². The van der Waals surface area contributed by atoms with Gasteiger partial charge in [-0.2, -0.15) is 0 Å². The maximum atomic E-state index is 13.5. The second-order valence-corrected chi connectivity index (χ2v) is 9.30. The molecule has 0 aromatic rings. The van der Waals surface area contributed by atoms with Crippen molar-refractivity contribution in [2.45, 2.75) is 76.0 Å². The van der Waals surface area contributed by atoms with E-state index < -0.39 is 85.4 Å². The van der Waals surface area contributed by atoms with Crippen molar-refractivity contribution in [2.75, 3.05) is 13.1 Å². The Hall–Kier alpha value is -3.34. The Labute approximate surface area is 217 Å². The molecule has 2 saturated carbocycles. The summed E-state index contributed by atoms with van der Waals surface area (Å²) in [4.78, 5) is 76.5. The zero-order chi connectivity index (χ0) is 28.6. The highest BCUT2D eigenvalue weighted by atomic mass is 16.5. The summed E-state index contributed by atoms with van der Waals surface area (Å²) in [5.41, 5.74) is 0. The maximum Gasteiger partial charge on any atom is 0.325 e. The Kier molecular flexibility index (Phi) is 11.4. The van der Waals surface area contributed by atoms with Gasteiger partial charge in [-0.15, -0.1) is 0 Å². The summed E-state index contributed by atoms with van der Waals surface area (Å²) in [6.45, 7) is -1.69. The standard InChI is InChI=1S/C22H34N4O12/c27-15(28)9-23-21(37)25(13-7-3-1-5-11(13)19(33)34)17(31)18(32)26(22(38)24-10-16(29)30)14-8-4-2-6-12(14)20(35)36/h11-15,19,27-28,33-34H,1-10H2,(H,23,37)(H,24,38)(H,29,30)(H,35,36). The van der Waals surface area contributed by atoms with E-state index in [4.69, 9.17) is 15.3 Å². The molecule has 16 heteroatoms. The Morgan fingerprint density at radius 2 is 1.21 bits per heavy atom. The highest BCUT2D eigenvalue weighted by molar-refractivity contribution is 6.40. The number of aliphatic hydroxyl groups is 4. The number of nitrogens with one attached hydrogen (secondary N) is 2. The molecular weight excluding hydrogens is 512 g/mol. The zero-order valence-corrected chi connectivity index (χ0v) is 20.6. The van der Waals surface area contributed by atoms with Crippen LogP contribution in [0, 0.1) is 11.8 Å². The molecule has 2 fully saturated rings. The van der Waals surface area contributed by atoms with Gasteiger partial charge in [0.05, 0.1) is 18.5 Å². The molecular formula is C22H34N4O12. The molecule has 0 spiro atoms. The number of carboxylic acids is 2. The van der Waals surface area contributed by atoms with Crippen LogP contribution in [0.2, 0.25) is 0 Å². The lowest BCUT2D eigenvalue weighted by atomic mass is 9.82. The number of aliphatic hydroxyl groups excluding tert-OH is 2. The molecule has 38 heavy (non-hydrogen) atoms. The average molecular weight is 547 g/mol. The second-order valence-electron chi connectivity index (χ2n) is 9.30. The number of imide groups is 2. The van der Waals surface area contributed by atoms with E-state index in [0.29, 0.717) is 35.5 Å². The van der Waals surface area contributed by atoms with Crippen molar-refractivity contribution in [3.8, 4) is 0 Å². The third kappa shape index (κ3) is 7.83. The van der Waals surface area contributed by atoms with E-state index in [2.05, 4.69) is 0 Å². The molecule has 2 aliphatic carbocycles. The quantitative estimate of drug-likeness (QED) is 0.121. The number of hydrogen-bond donors (Lipinski definition) is 8. The van der Waals surface area contributed by atoms with E-state index >= 15 is 0 Å². The number of nitrogens with zero attached hydrogens (tertiary/aromatic N) is 2. The Morgan fingerprint density at radius 1 is 0.711 bits per heavy atom. The van der Waals surface area contributed by atoms with Gasteiger partial charge in [-0.25, -0.2) is 9.59 Å². The van der Waals surface area contributed by atoms with E-state index in [1.807, 2.05) is 10.6 Å². The first kappa shape index (κ1) is 30.9. The molecule has 0 saturated heterocycles. The maximum absolute atomic E-state index is 13.5. The van der Waals surface area contributed by atoms with E-state index in [1.54, 1.807) is 0 Å². The van der Waals surface area contributed by atoms with Crippen LogP contribution in [0.25, 0.3) is 0 Å². The minimum Gasteiger partial charge on any atom is -0.481 e. The molecule has 0 aromatic carbocycles. The average Bonchev–Trinajstić information content (AvgIpc) is 2.86. The number of urea groups is 2. The summed E-state index contributed by atoms with van der Waals surface area (Å²) in [6.07, 6.45) is -1.86. The molecule has 2 aliphatic rings. The first-order valence-electron chi connectivity index (χ1n) is 12.3. The predicted molar refractivity (Wildman–Crippen MR) is 124 cm³/mol. The van der Waals surface area contributed by atoms with Gasteiger partial charge in [-0.3, -0.25) is 29.0 Å². The molecule has 4 atom stereocenters. The van der Waals surface area contributed by atoms with Gasteiger partial charge in [0.15, 0.2) is 12.6 Å². The predicted octanol–water partition coefficient (Wildman–Crippen LogP) is -2.03. The van der Waals surface area contributed by atoms with E-state index in [0.717, 1.165) is 0 Å². The SMILES string of the molecule is O=C(O)CNC(=O)N(C(=O)C(=O)N(C(=O)NCC(O)O)C1CCCCC1C(O)O)C1CCCCC1C(=O)O. The number of carboxylic acid groups (broad SMARTS) is 2. The van der Waals surface area contributed by atoms with Crippen molar-refractivity contribution >= 4 is 35.8 Å². The Morgan fingerprint density at radius 3 is 1.74 bits per heavy atom. The van der Waals surface area contributed by atoms with Crippen LogP contribution in [0.1, 0.15) is 51.4 Å².